The minimum atomic E-state index is -1.12. The summed E-state index contributed by atoms with van der Waals surface area (Å²) in [5.41, 5.74) is 1.31. The number of nitrogens with one attached hydrogen (secondary N) is 3. The van der Waals surface area contributed by atoms with Crippen molar-refractivity contribution in [2.45, 2.75) is 57.2 Å². The van der Waals surface area contributed by atoms with E-state index >= 15 is 4.39 Å². The van der Waals surface area contributed by atoms with Gasteiger partial charge in [-0.05, 0) is 83.1 Å². The number of ether oxygens (including phenoxy) is 1. The minimum Gasteiger partial charge on any atom is -0.495 e. The van der Waals surface area contributed by atoms with Crippen LogP contribution in [0.3, 0.4) is 0 Å². The summed E-state index contributed by atoms with van der Waals surface area (Å²) in [5.74, 6) is -2.39. The molecule has 8 nitrogen and oxygen atoms in total. The van der Waals surface area contributed by atoms with Gasteiger partial charge in [-0.2, -0.15) is 0 Å². The minimum absolute atomic E-state index is 0.0191. The lowest BCUT2D eigenvalue weighted by Gasteiger charge is -2.43. The summed E-state index contributed by atoms with van der Waals surface area (Å²) < 4.78 is 21.9. The number of rotatable bonds is 11. The molecule has 1 fully saturated rings. The van der Waals surface area contributed by atoms with Gasteiger partial charge < -0.3 is 25.8 Å². The summed E-state index contributed by atoms with van der Waals surface area (Å²) in [6, 6.07) is 18.8. The summed E-state index contributed by atoms with van der Waals surface area (Å²) in [5, 5.41) is 20.5. The Kier molecular flexibility index (Phi) is 10.7. The number of carbonyl (C=O) groups is 2. The van der Waals surface area contributed by atoms with Crippen molar-refractivity contribution in [3.05, 3.63) is 123 Å². The Bertz CT molecular complexity index is 1770. The predicted molar refractivity (Wildman–Crippen MR) is 187 cm³/mol. The Hall–Kier alpha value is -4.02. The molecule has 1 saturated heterocycles. The van der Waals surface area contributed by atoms with E-state index in [4.69, 9.17) is 27.9 Å². The third-order valence-corrected chi connectivity index (χ3v) is 9.34. The van der Waals surface area contributed by atoms with Crippen molar-refractivity contribution in [3.8, 4) is 5.75 Å². The fourth-order valence-electron chi connectivity index (χ4n) is 6.82. The number of aromatic nitrogens is 1. The molecule has 1 amide bonds. The number of aromatic carboxylic acids is 1. The number of methoxy groups -OCH3 is 1. The summed E-state index contributed by atoms with van der Waals surface area (Å²) in [4.78, 5) is 30.2. The zero-order valence-corrected chi connectivity index (χ0v) is 28.7. The Morgan fingerprint density at radius 2 is 1.69 bits per heavy atom. The van der Waals surface area contributed by atoms with Gasteiger partial charge in [-0.1, -0.05) is 62.2 Å². The lowest BCUT2D eigenvalue weighted by Crippen LogP contribution is -2.51. The van der Waals surface area contributed by atoms with Crippen molar-refractivity contribution in [2.75, 3.05) is 19.0 Å². The van der Waals surface area contributed by atoms with Crippen molar-refractivity contribution in [1.82, 2.24) is 15.6 Å². The standard InChI is InChI=1S/C37H39Cl2FN4O4/c1-36(2,3)19-31-37(27-11-10-26(39)18-28(27)40,21-42-20-22-13-15-41-16-14-22)32(23-5-8-25(38)9-6-23)33(44-31)34(45)43-29-12-7-24(35(46)47)17-30(29)48-4/h5-18,31-33,42,44H,19-21H2,1-4H3,(H,43,45)(H,46,47)/t31-,32-,33+,37-/m0/s1. The Morgan fingerprint density at radius 3 is 2.31 bits per heavy atom. The normalized spacial score (nSPS) is 20.8. The van der Waals surface area contributed by atoms with Gasteiger partial charge in [0, 0.05) is 52.9 Å². The van der Waals surface area contributed by atoms with Crippen molar-refractivity contribution in [2.24, 2.45) is 5.41 Å². The molecule has 0 unspecified atom stereocenters. The Morgan fingerprint density at radius 1 is 1.00 bits per heavy atom. The molecule has 5 rings (SSSR count). The lowest BCUT2D eigenvalue weighted by atomic mass is 9.61. The van der Waals surface area contributed by atoms with E-state index in [2.05, 4.69) is 41.7 Å². The number of halogens is 3. The SMILES string of the molecule is COc1cc(C(=O)O)ccc1NC(=O)[C@@H]1N[C@@H](CC(C)(C)C)[C@](CNCc2ccncc2)(c2ccc(Cl)cc2F)[C@H]1c1ccc(Cl)cc1. The number of nitrogens with zero attached hydrogens (tertiary/aromatic N) is 1. The highest BCUT2D eigenvalue weighted by Gasteiger charge is 2.59. The molecule has 0 saturated carbocycles. The van der Waals surface area contributed by atoms with Gasteiger partial charge in [-0.3, -0.25) is 9.78 Å². The molecule has 252 valence electrons. The van der Waals surface area contributed by atoms with E-state index in [1.807, 2.05) is 24.3 Å². The second-order valence-electron chi connectivity index (χ2n) is 13.3. The molecule has 3 aromatic carbocycles. The molecule has 48 heavy (non-hydrogen) atoms. The first-order valence-corrected chi connectivity index (χ1v) is 16.4. The highest BCUT2D eigenvalue weighted by molar-refractivity contribution is 6.30. The first-order chi connectivity index (χ1) is 22.8. The highest BCUT2D eigenvalue weighted by atomic mass is 35.5. The van der Waals surface area contributed by atoms with Crippen LogP contribution < -0.4 is 20.7 Å². The molecular weight excluding hydrogens is 654 g/mol. The van der Waals surface area contributed by atoms with E-state index in [0.717, 1.165) is 11.1 Å². The number of carboxylic acid groups (broad SMARTS) is 1. The third kappa shape index (κ3) is 7.65. The number of carboxylic acids is 1. The van der Waals surface area contributed by atoms with Crippen LogP contribution in [0.5, 0.6) is 5.75 Å². The van der Waals surface area contributed by atoms with Crippen LogP contribution in [0.25, 0.3) is 0 Å². The van der Waals surface area contributed by atoms with Crippen LogP contribution in [0, 0.1) is 11.2 Å². The molecule has 1 aliphatic rings. The van der Waals surface area contributed by atoms with Crippen LogP contribution in [0.15, 0.2) is 85.2 Å². The molecule has 1 aromatic heterocycles. The van der Waals surface area contributed by atoms with E-state index < -0.39 is 35.2 Å². The average Bonchev–Trinajstić information content (AvgIpc) is 3.34. The van der Waals surface area contributed by atoms with Crippen molar-refractivity contribution < 1.29 is 23.8 Å². The van der Waals surface area contributed by atoms with E-state index in [1.54, 1.807) is 36.7 Å². The van der Waals surface area contributed by atoms with Gasteiger partial charge in [0.1, 0.15) is 11.6 Å². The molecule has 11 heteroatoms. The van der Waals surface area contributed by atoms with E-state index in [1.165, 1.54) is 31.4 Å². The summed E-state index contributed by atoms with van der Waals surface area (Å²) in [6.07, 6.45) is 4.04. The smallest absolute Gasteiger partial charge is 0.335 e. The summed E-state index contributed by atoms with van der Waals surface area (Å²) in [6.45, 7) is 7.12. The highest BCUT2D eigenvalue weighted by Crippen LogP contribution is 2.52. The van der Waals surface area contributed by atoms with Crippen molar-refractivity contribution in [1.29, 1.82) is 0 Å². The van der Waals surface area contributed by atoms with E-state index in [-0.39, 0.29) is 27.7 Å². The Labute approximate surface area is 290 Å². The number of benzene rings is 3. The molecule has 0 aliphatic carbocycles. The van der Waals surface area contributed by atoms with Crippen LogP contribution in [0.1, 0.15) is 60.2 Å². The van der Waals surface area contributed by atoms with Crippen LogP contribution in [-0.4, -0.2) is 47.7 Å². The zero-order chi connectivity index (χ0) is 34.6. The molecule has 4 aromatic rings. The van der Waals surface area contributed by atoms with Gasteiger partial charge in [-0.15, -0.1) is 0 Å². The molecule has 4 atom stereocenters. The third-order valence-electron chi connectivity index (χ3n) is 8.85. The second-order valence-corrected chi connectivity index (χ2v) is 14.2. The fraction of sp³-hybridized carbons (Fsp3) is 0.324. The van der Waals surface area contributed by atoms with Crippen LogP contribution in [0.2, 0.25) is 10.0 Å². The maximum atomic E-state index is 16.4. The molecule has 0 bridgehead atoms. The topological polar surface area (TPSA) is 113 Å². The molecule has 4 N–H and O–H groups in total. The lowest BCUT2D eigenvalue weighted by molar-refractivity contribution is -0.118. The van der Waals surface area contributed by atoms with Gasteiger partial charge in [0.25, 0.3) is 0 Å². The first-order valence-electron chi connectivity index (χ1n) is 15.6. The molecule has 0 spiro atoms. The quantitative estimate of drug-likeness (QED) is 0.129. The molecule has 2 heterocycles. The van der Waals surface area contributed by atoms with Gasteiger partial charge in [0.15, 0.2) is 0 Å². The number of anilines is 1. The zero-order valence-electron chi connectivity index (χ0n) is 27.2. The number of hydrogen-bond acceptors (Lipinski definition) is 6. The predicted octanol–water partition coefficient (Wildman–Crippen LogP) is 7.46. The van der Waals surface area contributed by atoms with E-state index in [9.17, 15) is 14.7 Å². The monoisotopic (exact) mass is 692 g/mol. The second kappa shape index (κ2) is 14.6. The van der Waals surface area contributed by atoms with Crippen molar-refractivity contribution in [3.63, 3.8) is 0 Å². The fourth-order valence-corrected chi connectivity index (χ4v) is 7.10. The van der Waals surface area contributed by atoms with Gasteiger partial charge in [0.05, 0.1) is 24.4 Å². The first kappa shape index (κ1) is 35.3. The summed E-state index contributed by atoms with van der Waals surface area (Å²) in [7, 11) is 1.41. The molecule has 0 radical (unpaired) electrons. The number of hydrogen-bond donors (Lipinski definition) is 4. The maximum absolute atomic E-state index is 16.4. The van der Waals surface area contributed by atoms with Crippen LogP contribution in [-0.2, 0) is 16.8 Å². The van der Waals surface area contributed by atoms with E-state index in [0.29, 0.717) is 35.8 Å². The van der Waals surface area contributed by atoms with Gasteiger partial charge >= 0.3 is 5.97 Å². The van der Waals surface area contributed by atoms with Gasteiger partial charge in [0.2, 0.25) is 5.91 Å². The average molecular weight is 694 g/mol. The molecule has 1 aliphatic heterocycles. The maximum Gasteiger partial charge on any atom is 0.335 e. The van der Waals surface area contributed by atoms with Gasteiger partial charge in [-0.25, -0.2) is 9.18 Å². The van der Waals surface area contributed by atoms with Crippen molar-refractivity contribution >= 4 is 40.8 Å². The Balaban J connectivity index is 1.68. The summed E-state index contributed by atoms with van der Waals surface area (Å²) >= 11 is 12.6. The van der Waals surface area contributed by atoms with Crippen LogP contribution in [0.4, 0.5) is 10.1 Å². The number of pyridine rings is 1. The molecular formula is C37H39Cl2FN4O4. The number of carbonyl (C=O) groups excluding carboxylic acids is 1. The van der Waals surface area contributed by atoms with Crippen LogP contribution >= 0.6 is 23.2 Å². The largest absolute Gasteiger partial charge is 0.495 e. The number of amides is 1.